The fourth-order valence-electron chi connectivity index (χ4n) is 4.01. The predicted molar refractivity (Wildman–Crippen MR) is 95.0 cm³/mol. The number of aliphatic hydroxyl groups is 3. The number of nitrogens with one attached hydrogen (secondary N) is 1. The Hall–Kier alpha value is -1.44. The summed E-state index contributed by atoms with van der Waals surface area (Å²) in [6, 6.07) is 0. The molecule has 1 aliphatic carbocycles. The molecule has 1 heterocycles. The maximum Gasteiger partial charge on any atom is 0.338 e. The van der Waals surface area contributed by atoms with Gasteiger partial charge in [-0.25, -0.2) is 4.79 Å². The van der Waals surface area contributed by atoms with E-state index in [4.69, 9.17) is 4.74 Å². The standard InChI is InChI=1S/C19H31NO6/c1-17(2,3)26-16(24)19(14(22)12-8-6-5-7-9-12)18(4,25)13(10-11-21)15(23)20-19/h6,8,12-14,21-22,25H,5,7,9-11H2,1-4H3,(H,20,23)/t12-,13+,14+,18+,19+/m1/s1. The van der Waals surface area contributed by atoms with Crippen LogP contribution >= 0.6 is 0 Å². The molecular weight excluding hydrogens is 338 g/mol. The van der Waals surface area contributed by atoms with E-state index in [1.807, 2.05) is 12.2 Å². The molecule has 0 bridgehead atoms. The maximum atomic E-state index is 13.1. The van der Waals surface area contributed by atoms with Crippen molar-refractivity contribution in [3.05, 3.63) is 12.2 Å². The molecule has 0 aromatic rings. The summed E-state index contributed by atoms with van der Waals surface area (Å²) in [5.41, 5.74) is -4.77. The molecule has 1 aliphatic heterocycles. The SMILES string of the molecule is CC(C)(C)OC(=O)[C@]1([C@@H](O)[C@@H]2C=CCCC2)NC(=O)[C@H](CCO)[C@]1(C)O. The summed E-state index contributed by atoms with van der Waals surface area (Å²) in [6.07, 6.45) is 4.75. The van der Waals surface area contributed by atoms with Crippen LogP contribution in [0.15, 0.2) is 12.2 Å². The average molecular weight is 369 g/mol. The van der Waals surface area contributed by atoms with Gasteiger partial charge in [0.2, 0.25) is 5.91 Å². The van der Waals surface area contributed by atoms with Crippen LogP contribution in [-0.4, -0.2) is 56.6 Å². The van der Waals surface area contributed by atoms with Crippen LogP contribution in [0.1, 0.15) is 53.4 Å². The van der Waals surface area contributed by atoms with E-state index in [2.05, 4.69) is 5.32 Å². The third kappa shape index (κ3) is 3.52. The summed E-state index contributed by atoms with van der Waals surface area (Å²) in [6.45, 7) is 6.08. The van der Waals surface area contributed by atoms with E-state index in [1.54, 1.807) is 20.8 Å². The number of carbonyl (C=O) groups is 2. The molecule has 1 fully saturated rings. The number of esters is 1. The Morgan fingerprint density at radius 3 is 2.62 bits per heavy atom. The van der Waals surface area contributed by atoms with Crippen LogP contribution in [0.25, 0.3) is 0 Å². The van der Waals surface area contributed by atoms with Crippen molar-refractivity contribution in [3.8, 4) is 0 Å². The van der Waals surface area contributed by atoms with Crippen molar-refractivity contribution < 1.29 is 29.6 Å². The van der Waals surface area contributed by atoms with Gasteiger partial charge >= 0.3 is 5.97 Å². The third-order valence-corrected chi connectivity index (χ3v) is 5.39. The van der Waals surface area contributed by atoms with Crippen LogP contribution < -0.4 is 5.32 Å². The molecule has 5 atom stereocenters. The van der Waals surface area contributed by atoms with Gasteiger partial charge in [0.15, 0.2) is 5.54 Å². The molecular formula is C19H31NO6. The molecule has 0 spiro atoms. The molecule has 148 valence electrons. The highest BCUT2D eigenvalue weighted by molar-refractivity contribution is 5.96. The van der Waals surface area contributed by atoms with E-state index in [0.29, 0.717) is 6.42 Å². The summed E-state index contributed by atoms with van der Waals surface area (Å²) in [7, 11) is 0. The zero-order valence-corrected chi connectivity index (χ0v) is 16.0. The molecule has 7 heteroatoms. The number of aliphatic hydroxyl groups excluding tert-OH is 2. The number of ether oxygens (including phenoxy) is 1. The van der Waals surface area contributed by atoms with Gasteiger partial charge in [-0.05, 0) is 53.4 Å². The minimum Gasteiger partial charge on any atom is -0.458 e. The number of hydrogen-bond donors (Lipinski definition) is 4. The molecule has 26 heavy (non-hydrogen) atoms. The molecule has 1 saturated heterocycles. The van der Waals surface area contributed by atoms with E-state index < -0.39 is 46.6 Å². The van der Waals surface area contributed by atoms with Crippen LogP contribution in [0, 0.1) is 11.8 Å². The number of allylic oxidation sites excluding steroid dienone is 1. The zero-order chi connectivity index (χ0) is 19.8. The van der Waals surface area contributed by atoms with Crippen molar-refractivity contribution in [2.45, 2.75) is 76.2 Å². The lowest BCUT2D eigenvalue weighted by molar-refractivity contribution is -0.187. The Bertz CT molecular complexity index is 579. The van der Waals surface area contributed by atoms with Crippen LogP contribution in [0.2, 0.25) is 0 Å². The summed E-state index contributed by atoms with van der Waals surface area (Å²) < 4.78 is 5.49. The second kappa shape index (κ2) is 7.29. The minimum absolute atomic E-state index is 0.0173. The van der Waals surface area contributed by atoms with Gasteiger partial charge in [0.1, 0.15) is 11.2 Å². The van der Waals surface area contributed by atoms with E-state index in [1.165, 1.54) is 6.92 Å². The van der Waals surface area contributed by atoms with Gasteiger partial charge in [0.25, 0.3) is 0 Å². The monoisotopic (exact) mass is 369 g/mol. The second-order valence-electron chi connectivity index (χ2n) is 8.48. The molecule has 0 aromatic heterocycles. The Kier molecular flexibility index (Phi) is 5.85. The van der Waals surface area contributed by atoms with E-state index in [9.17, 15) is 24.9 Å². The molecule has 0 unspecified atom stereocenters. The topological polar surface area (TPSA) is 116 Å². The number of hydrogen-bond acceptors (Lipinski definition) is 6. The fourth-order valence-corrected chi connectivity index (χ4v) is 4.01. The predicted octanol–water partition coefficient (Wildman–Crippen LogP) is 0.663. The summed E-state index contributed by atoms with van der Waals surface area (Å²) in [5.74, 6) is -2.86. The highest BCUT2D eigenvalue weighted by Crippen LogP contribution is 2.44. The van der Waals surface area contributed by atoms with E-state index >= 15 is 0 Å². The fraction of sp³-hybridized carbons (Fsp3) is 0.789. The lowest BCUT2D eigenvalue weighted by Gasteiger charge is -2.45. The second-order valence-corrected chi connectivity index (χ2v) is 8.48. The first kappa shape index (κ1) is 20.9. The first-order valence-electron chi connectivity index (χ1n) is 9.21. The zero-order valence-electron chi connectivity index (χ0n) is 16.0. The Labute approximate surface area is 154 Å². The molecule has 2 rings (SSSR count). The van der Waals surface area contributed by atoms with Crippen LogP contribution in [0.3, 0.4) is 0 Å². The normalized spacial score (nSPS) is 35.9. The van der Waals surface area contributed by atoms with Gasteiger partial charge in [0.05, 0.1) is 12.0 Å². The van der Waals surface area contributed by atoms with Crippen LogP contribution in [-0.2, 0) is 14.3 Å². The van der Waals surface area contributed by atoms with Crippen molar-refractivity contribution in [1.29, 1.82) is 0 Å². The maximum absolute atomic E-state index is 13.1. The largest absolute Gasteiger partial charge is 0.458 e. The van der Waals surface area contributed by atoms with Crippen LogP contribution in [0.5, 0.6) is 0 Å². The first-order valence-corrected chi connectivity index (χ1v) is 9.21. The molecule has 2 aliphatic rings. The third-order valence-electron chi connectivity index (χ3n) is 5.39. The van der Waals surface area contributed by atoms with Crippen molar-refractivity contribution in [1.82, 2.24) is 5.32 Å². The quantitative estimate of drug-likeness (QED) is 0.418. The van der Waals surface area contributed by atoms with Gasteiger partial charge in [-0.15, -0.1) is 0 Å². The van der Waals surface area contributed by atoms with Crippen LogP contribution in [0.4, 0.5) is 0 Å². The lowest BCUT2D eigenvalue weighted by atomic mass is 9.68. The van der Waals surface area contributed by atoms with E-state index in [-0.39, 0.29) is 13.0 Å². The molecule has 1 amide bonds. The summed E-state index contributed by atoms with van der Waals surface area (Å²) in [4.78, 5) is 25.7. The number of rotatable bonds is 5. The summed E-state index contributed by atoms with van der Waals surface area (Å²) in [5, 5.41) is 34.2. The Morgan fingerprint density at radius 2 is 2.12 bits per heavy atom. The van der Waals surface area contributed by atoms with Gasteiger partial charge in [-0.1, -0.05) is 12.2 Å². The van der Waals surface area contributed by atoms with Gasteiger partial charge < -0.3 is 25.4 Å². The number of carbonyl (C=O) groups excluding carboxylic acids is 2. The Balaban J connectivity index is 2.52. The highest BCUT2D eigenvalue weighted by Gasteiger charge is 2.70. The smallest absolute Gasteiger partial charge is 0.338 e. The van der Waals surface area contributed by atoms with Gasteiger partial charge in [-0.2, -0.15) is 0 Å². The lowest BCUT2D eigenvalue weighted by Crippen LogP contribution is -2.71. The molecule has 0 saturated carbocycles. The Morgan fingerprint density at radius 1 is 1.46 bits per heavy atom. The summed E-state index contributed by atoms with van der Waals surface area (Å²) >= 11 is 0. The van der Waals surface area contributed by atoms with Crippen molar-refractivity contribution >= 4 is 11.9 Å². The molecule has 4 N–H and O–H groups in total. The first-order chi connectivity index (χ1) is 12.0. The molecule has 0 aromatic carbocycles. The van der Waals surface area contributed by atoms with E-state index in [0.717, 1.165) is 12.8 Å². The van der Waals surface area contributed by atoms with Crippen molar-refractivity contribution in [3.63, 3.8) is 0 Å². The van der Waals surface area contributed by atoms with Gasteiger partial charge in [-0.3, -0.25) is 4.79 Å². The van der Waals surface area contributed by atoms with Crippen molar-refractivity contribution in [2.24, 2.45) is 11.8 Å². The molecule has 7 nitrogen and oxygen atoms in total. The molecule has 0 radical (unpaired) electrons. The number of amides is 1. The minimum atomic E-state index is -2.00. The van der Waals surface area contributed by atoms with Gasteiger partial charge in [0, 0.05) is 12.5 Å². The van der Waals surface area contributed by atoms with Crippen molar-refractivity contribution in [2.75, 3.05) is 6.61 Å². The average Bonchev–Trinajstić information content (AvgIpc) is 2.74. The highest BCUT2D eigenvalue weighted by atomic mass is 16.6.